The smallest absolute Gasteiger partial charge is 0.254 e. The summed E-state index contributed by atoms with van der Waals surface area (Å²) in [4.78, 5) is 31.5. The summed E-state index contributed by atoms with van der Waals surface area (Å²) in [5.41, 5.74) is 4.13. The molecular formula is C36H41ClN6OS. The number of hydrogen-bond acceptors (Lipinski definition) is 7. The number of hydrogen-bond donors (Lipinski definition) is 0. The van der Waals surface area contributed by atoms with Crippen LogP contribution in [-0.4, -0.2) is 90.5 Å². The summed E-state index contributed by atoms with van der Waals surface area (Å²) >= 11 is 7.99. The van der Waals surface area contributed by atoms with Crippen molar-refractivity contribution >= 4 is 41.2 Å². The SMILES string of the molecule is CN(C)CCN(Cc1ccccc1)C(=O)c1ccc(CSc2nc(Cl)cc(N3CCN(CC=Cc4ccccc4)CC3)n2)cc1. The van der Waals surface area contributed by atoms with Crippen molar-refractivity contribution in [3.8, 4) is 0 Å². The van der Waals surface area contributed by atoms with Crippen molar-refractivity contribution in [2.75, 3.05) is 64.8 Å². The summed E-state index contributed by atoms with van der Waals surface area (Å²) in [7, 11) is 4.05. The topological polar surface area (TPSA) is 55.8 Å². The van der Waals surface area contributed by atoms with Crippen LogP contribution in [0.15, 0.2) is 102 Å². The van der Waals surface area contributed by atoms with Crippen LogP contribution in [0.2, 0.25) is 5.15 Å². The molecule has 1 aliphatic rings. The number of nitrogens with zero attached hydrogens (tertiary/aromatic N) is 6. The average molecular weight is 641 g/mol. The van der Waals surface area contributed by atoms with E-state index >= 15 is 0 Å². The van der Waals surface area contributed by atoms with Crippen LogP contribution in [0.1, 0.15) is 27.0 Å². The maximum atomic E-state index is 13.5. The Balaban J connectivity index is 1.14. The molecule has 0 saturated carbocycles. The molecule has 0 radical (unpaired) electrons. The molecular weight excluding hydrogens is 600 g/mol. The molecule has 0 spiro atoms. The molecule has 1 saturated heterocycles. The third kappa shape index (κ3) is 10.2. The number of carbonyl (C=O) groups excluding carboxylic acids is 1. The highest BCUT2D eigenvalue weighted by atomic mass is 35.5. The Bertz CT molecular complexity index is 1530. The first-order valence-corrected chi connectivity index (χ1v) is 16.7. The van der Waals surface area contributed by atoms with Crippen LogP contribution < -0.4 is 4.90 Å². The molecule has 1 amide bonds. The summed E-state index contributed by atoms with van der Waals surface area (Å²) in [6.07, 6.45) is 4.41. The van der Waals surface area contributed by atoms with E-state index in [2.05, 4.69) is 68.2 Å². The fourth-order valence-electron chi connectivity index (χ4n) is 5.12. The maximum Gasteiger partial charge on any atom is 0.254 e. The lowest BCUT2D eigenvalue weighted by Crippen LogP contribution is -2.46. The minimum atomic E-state index is 0.0371. The predicted octanol–water partition coefficient (Wildman–Crippen LogP) is 6.46. The minimum Gasteiger partial charge on any atom is -0.354 e. The Labute approximate surface area is 276 Å². The largest absolute Gasteiger partial charge is 0.354 e. The van der Waals surface area contributed by atoms with Gasteiger partial charge < -0.3 is 14.7 Å². The summed E-state index contributed by atoms with van der Waals surface area (Å²) < 4.78 is 0. The normalized spacial score (nSPS) is 13.9. The fourth-order valence-corrected chi connectivity index (χ4v) is 6.16. The van der Waals surface area contributed by atoms with Gasteiger partial charge in [-0.2, -0.15) is 0 Å². The van der Waals surface area contributed by atoms with Crippen LogP contribution in [0.25, 0.3) is 6.08 Å². The lowest BCUT2D eigenvalue weighted by Gasteiger charge is -2.35. The Morgan fingerprint density at radius 2 is 1.56 bits per heavy atom. The van der Waals surface area contributed by atoms with Gasteiger partial charge in [-0.05, 0) is 42.9 Å². The van der Waals surface area contributed by atoms with Crippen molar-refractivity contribution in [3.05, 3.63) is 124 Å². The molecule has 0 unspecified atom stereocenters. The van der Waals surface area contributed by atoms with Gasteiger partial charge in [0.25, 0.3) is 5.91 Å². The number of thioether (sulfide) groups is 1. The van der Waals surface area contributed by atoms with E-state index in [1.165, 1.54) is 5.56 Å². The van der Waals surface area contributed by atoms with Crippen molar-refractivity contribution in [2.24, 2.45) is 0 Å². The van der Waals surface area contributed by atoms with E-state index in [4.69, 9.17) is 16.6 Å². The zero-order valence-electron chi connectivity index (χ0n) is 26.1. The van der Waals surface area contributed by atoms with E-state index < -0.39 is 0 Å². The molecule has 45 heavy (non-hydrogen) atoms. The number of piperazine rings is 1. The summed E-state index contributed by atoms with van der Waals surface area (Å²) in [6.45, 7) is 6.69. The third-order valence-corrected chi connectivity index (χ3v) is 8.83. The van der Waals surface area contributed by atoms with E-state index in [9.17, 15) is 4.79 Å². The molecule has 3 aromatic carbocycles. The number of benzene rings is 3. The maximum absolute atomic E-state index is 13.5. The molecule has 0 atom stereocenters. The van der Waals surface area contributed by atoms with Gasteiger partial charge in [0.15, 0.2) is 5.16 Å². The van der Waals surface area contributed by atoms with Gasteiger partial charge >= 0.3 is 0 Å². The molecule has 1 aliphatic heterocycles. The molecule has 9 heteroatoms. The number of halogens is 1. The van der Waals surface area contributed by atoms with Gasteiger partial charge in [-0.3, -0.25) is 9.69 Å². The number of likely N-dealkylation sites (N-methyl/N-ethyl adjacent to an activating group) is 1. The molecule has 2 heterocycles. The zero-order valence-corrected chi connectivity index (χ0v) is 27.6. The van der Waals surface area contributed by atoms with E-state index in [1.54, 1.807) is 11.8 Å². The molecule has 234 valence electrons. The molecule has 5 rings (SSSR count). The molecule has 0 N–H and O–H groups in total. The molecule has 7 nitrogen and oxygen atoms in total. The Hall–Kier alpha value is -3.69. The Kier molecular flexibility index (Phi) is 12.0. The Morgan fingerprint density at radius 3 is 2.24 bits per heavy atom. The van der Waals surface area contributed by atoms with Crippen molar-refractivity contribution in [1.82, 2.24) is 24.7 Å². The van der Waals surface area contributed by atoms with Crippen LogP contribution in [-0.2, 0) is 12.3 Å². The van der Waals surface area contributed by atoms with Gasteiger partial charge in [-0.25, -0.2) is 9.97 Å². The fraction of sp³-hybridized carbons (Fsp3) is 0.306. The van der Waals surface area contributed by atoms with Crippen LogP contribution in [0.3, 0.4) is 0 Å². The summed E-state index contributed by atoms with van der Waals surface area (Å²) in [5.74, 6) is 1.59. The number of carbonyl (C=O) groups is 1. The van der Waals surface area contributed by atoms with Crippen molar-refractivity contribution in [3.63, 3.8) is 0 Å². The number of rotatable bonds is 13. The first-order chi connectivity index (χ1) is 21.9. The van der Waals surface area contributed by atoms with Crippen LogP contribution in [0.4, 0.5) is 5.82 Å². The highest BCUT2D eigenvalue weighted by Gasteiger charge is 2.19. The van der Waals surface area contributed by atoms with E-state index in [1.807, 2.05) is 73.6 Å². The first kappa shape index (κ1) is 32.7. The number of amides is 1. The zero-order chi connectivity index (χ0) is 31.4. The van der Waals surface area contributed by atoms with Gasteiger partial charge in [0, 0.05) is 69.7 Å². The lowest BCUT2D eigenvalue weighted by atomic mass is 10.1. The molecule has 0 aliphatic carbocycles. The van der Waals surface area contributed by atoms with Gasteiger partial charge in [0.2, 0.25) is 0 Å². The monoisotopic (exact) mass is 640 g/mol. The first-order valence-electron chi connectivity index (χ1n) is 15.4. The second kappa shape index (κ2) is 16.6. The highest BCUT2D eigenvalue weighted by molar-refractivity contribution is 7.98. The minimum absolute atomic E-state index is 0.0371. The second-order valence-corrected chi connectivity index (χ2v) is 12.8. The van der Waals surface area contributed by atoms with Crippen molar-refractivity contribution < 1.29 is 4.79 Å². The molecule has 0 bridgehead atoms. The molecule has 1 fully saturated rings. The van der Waals surface area contributed by atoms with Gasteiger partial charge in [0.05, 0.1) is 0 Å². The quantitative estimate of drug-likeness (QED) is 0.0944. The lowest BCUT2D eigenvalue weighted by molar-refractivity contribution is 0.0732. The van der Waals surface area contributed by atoms with Gasteiger partial charge in [-0.1, -0.05) is 108 Å². The van der Waals surface area contributed by atoms with E-state index in [-0.39, 0.29) is 5.91 Å². The summed E-state index contributed by atoms with van der Waals surface area (Å²) in [5, 5.41) is 1.11. The van der Waals surface area contributed by atoms with Crippen molar-refractivity contribution in [2.45, 2.75) is 17.5 Å². The van der Waals surface area contributed by atoms with Crippen LogP contribution in [0, 0.1) is 0 Å². The third-order valence-electron chi connectivity index (χ3n) is 7.72. The van der Waals surface area contributed by atoms with Gasteiger partial charge in [-0.15, -0.1) is 0 Å². The van der Waals surface area contributed by atoms with E-state index in [0.29, 0.717) is 34.7 Å². The number of anilines is 1. The second-order valence-electron chi connectivity index (χ2n) is 11.4. The van der Waals surface area contributed by atoms with Crippen LogP contribution >= 0.6 is 23.4 Å². The highest BCUT2D eigenvalue weighted by Crippen LogP contribution is 2.26. The average Bonchev–Trinajstić information content (AvgIpc) is 3.06. The summed E-state index contributed by atoms with van der Waals surface area (Å²) in [6, 6.07) is 30.3. The predicted molar refractivity (Wildman–Crippen MR) is 187 cm³/mol. The van der Waals surface area contributed by atoms with Gasteiger partial charge in [0.1, 0.15) is 11.0 Å². The van der Waals surface area contributed by atoms with Crippen molar-refractivity contribution in [1.29, 1.82) is 0 Å². The standard InChI is InChI=1S/C36H41ClN6OS/c1-40(2)20-23-43(27-30-12-7-4-8-13-30)35(44)32-17-15-31(16-18-32)28-45-36-38-33(37)26-34(39-36)42-24-21-41(22-25-42)19-9-14-29-10-5-3-6-11-29/h3-18,26H,19-25,27-28H2,1-2H3. The Morgan fingerprint density at radius 1 is 0.867 bits per heavy atom. The molecule has 4 aromatic rings. The van der Waals surface area contributed by atoms with E-state index in [0.717, 1.165) is 56.2 Å². The van der Waals surface area contributed by atoms with Crippen LogP contribution in [0.5, 0.6) is 0 Å². The molecule has 1 aromatic heterocycles. The number of aromatic nitrogens is 2.